The highest BCUT2D eigenvalue weighted by molar-refractivity contribution is 7.98. The molecule has 3 rings (SSSR count). The average molecular weight is 384 g/mol. The molecule has 0 saturated carbocycles. The number of benzene rings is 1. The Kier molecular flexibility index (Phi) is 5.08. The van der Waals surface area contributed by atoms with Crippen LogP contribution in [-0.2, 0) is 5.75 Å². The number of thioether (sulfide) groups is 1. The van der Waals surface area contributed by atoms with E-state index in [1.165, 1.54) is 0 Å². The zero-order valence-electron chi connectivity index (χ0n) is 13.3. The van der Waals surface area contributed by atoms with Gasteiger partial charge in [-0.15, -0.1) is 10.2 Å². The smallest absolute Gasteiger partial charge is 0.196 e. The molecule has 2 heterocycles. The van der Waals surface area contributed by atoms with Crippen LogP contribution in [-0.4, -0.2) is 28.8 Å². The maximum Gasteiger partial charge on any atom is 0.196 e. The van der Waals surface area contributed by atoms with Gasteiger partial charge in [-0.2, -0.15) is 0 Å². The largest absolute Gasteiger partial charge is 0.493 e. The maximum absolute atomic E-state index is 6.14. The summed E-state index contributed by atoms with van der Waals surface area (Å²) in [5.41, 5.74) is 2.83. The molecule has 0 saturated heterocycles. The van der Waals surface area contributed by atoms with E-state index in [0.29, 0.717) is 27.2 Å². The van der Waals surface area contributed by atoms with Crippen LogP contribution in [0.4, 0.5) is 0 Å². The van der Waals surface area contributed by atoms with Crippen LogP contribution in [0.25, 0.3) is 5.65 Å². The molecule has 126 valence electrons. The summed E-state index contributed by atoms with van der Waals surface area (Å²) < 4.78 is 12.5. The number of halogens is 2. The van der Waals surface area contributed by atoms with Gasteiger partial charge < -0.3 is 9.47 Å². The lowest BCUT2D eigenvalue weighted by Crippen LogP contribution is -1.95. The van der Waals surface area contributed by atoms with E-state index in [-0.39, 0.29) is 0 Å². The van der Waals surface area contributed by atoms with Crippen LogP contribution in [0.3, 0.4) is 0 Å². The van der Waals surface area contributed by atoms with Crippen LogP contribution in [0.15, 0.2) is 29.6 Å². The van der Waals surface area contributed by atoms with Crippen molar-refractivity contribution in [1.82, 2.24) is 14.6 Å². The number of fused-ring (bicyclic) bond motifs is 1. The SMILES string of the molecule is COc1cc(C)c(CSc2nnc3c(Cl)cc(Cl)cn23)cc1OC. The van der Waals surface area contributed by atoms with E-state index in [1.807, 2.05) is 19.1 Å². The van der Waals surface area contributed by atoms with Gasteiger partial charge >= 0.3 is 0 Å². The summed E-state index contributed by atoms with van der Waals surface area (Å²) in [6, 6.07) is 5.59. The first-order chi connectivity index (χ1) is 11.5. The molecule has 5 nitrogen and oxygen atoms in total. The average Bonchev–Trinajstić information content (AvgIpc) is 2.96. The fourth-order valence-electron chi connectivity index (χ4n) is 2.32. The monoisotopic (exact) mass is 383 g/mol. The fourth-order valence-corrected chi connectivity index (χ4v) is 3.80. The van der Waals surface area contributed by atoms with Gasteiger partial charge in [0.25, 0.3) is 0 Å². The third-order valence-electron chi connectivity index (χ3n) is 3.59. The van der Waals surface area contributed by atoms with Crippen molar-refractivity contribution in [2.24, 2.45) is 0 Å². The standard InChI is InChI=1S/C16H15Cl2N3O2S/c1-9-4-13(22-2)14(23-3)5-10(9)8-24-16-20-19-15-12(18)6-11(17)7-21(15)16/h4-7H,8H2,1-3H3. The Bertz CT molecular complexity index is 899. The molecule has 0 amide bonds. The Morgan fingerprint density at radius 3 is 2.50 bits per heavy atom. The summed E-state index contributed by atoms with van der Waals surface area (Å²) in [6.45, 7) is 2.04. The zero-order chi connectivity index (χ0) is 17.3. The van der Waals surface area contributed by atoms with Crippen molar-refractivity contribution in [2.45, 2.75) is 17.8 Å². The van der Waals surface area contributed by atoms with E-state index in [2.05, 4.69) is 10.2 Å². The molecule has 0 atom stereocenters. The first-order valence-corrected chi connectivity index (χ1v) is 8.81. The molecule has 1 aromatic carbocycles. The van der Waals surface area contributed by atoms with Crippen LogP contribution in [0.1, 0.15) is 11.1 Å². The van der Waals surface area contributed by atoms with Crippen molar-refractivity contribution in [2.75, 3.05) is 14.2 Å². The second-order valence-corrected chi connectivity index (χ2v) is 6.89. The lowest BCUT2D eigenvalue weighted by molar-refractivity contribution is 0.354. The van der Waals surface area contributed by atoms with Gasteiger partial charge in [-0.25, -0.2) is 0 Å². The van der Waals surface area contributed by atoms with Gasteiger partial charge in [0, 0.05) is 11.9 Å². The highest BCUT2D eigenvalue weighted by Gasteiger charge is 2.13. The summed E-state index contributed by atoms with van der Waals surface area (Å²) in [5.74, 6) is 2.13. The van der Waals surface area contributed by atoms with E-state index in [0.717, 1.165) is 22.0 Å². The summed E-state index contributed by atoms with van der Waals surface area (Å²) in [5, 5.41) is 10.0. The van der Waals surface area contributed by atoms with Crippen molar-refractivity contribution < 1.29 is 9.47 Å². The van der Waals surface area contributed by atoms with Crippen molar-refractivity contribution in [3.8, 4) is 11.5 Å². The molecule has 0 aliphatic heterocycles. The van der Waals surface area contributed by atoms with Crippen molar-refractivity contribution in [3.63, 3.8) is 0 Å². The number of aromatic nitrogens is 3. The Balaban J connectivity index is 1.89. The first kappa shape index (κ1) is 17.2. The molecule has 0 unspecified atom stereocenters. The lowest BCUT2D eigenvalue weighted by atomic mass is 10.1. The molecular formula is C16H15Cl2N3O2S. The Hall–Kier alpha value is -1.63. The predicted octanol–water partition coefficient (Wildman–Crippen LogP) is 4.65. The fraction of sp³-hybridized carbons (Fsp3) is 0.250. The minimum atomic E-state index is 0.476. The molecule has 0 N–H and O–H groups in total. The summed E-state index contributed by atoms with van der Waals surface area (Å²) in [4.78, 5) is 0. The third-order valence-corrected chi connectivity index (χ3v) is 5.07. The molecule has 0 aliphatic rings. The summed E-state index contributed by atoms with van der Waals surface area (Å²) in [7, 11) is 3.25. The highest BCUT2D eigenvalue weighted by Crippen LogP contribution is 2.33. The Morgan fingerprint density at radius 1 is 1.08 bits per heavy atom. The molecular weight excluding hydrogens is 369 g/mol. The molecule has 0 spiro atoms. The molecule has 3 aromatic rings. The van der Waals surface area contributed by atoms with Crippen molar-refractivity contribution in [3.05, 3.63) is 45.6 Å². The molecule has 0 radical (unpaired) electrons. The number of hydrogen-bond donors (Lipinski definition) is 0. The van der Waals surface area contributed by atoms with Gasteiger partial charge in [0.1, 0.15) is 0 Å². The van der Waals surface area contributed by atoms with E-state index in [4.69, 9.17) is 32.7 Å². The highest BCUT2D eigenvalue weighted by atomic mass is 35.5. The van der Waals surface area contributed by atoms with Gasteiger partial charge in [-0.05, 0) is 36.2 Å². The van der Waals surface area contributed by atoms with E-state index >= 15 is 0 Å². The van der Waals surface area contributed by atoms with Crippen molar-refractivity contribution in [1.29, 1.82) is 0 Å². The number of nitrogens with zero attached hydrogens (tertiary/aromatic N) is 3. The Morgan fingerprint density at radius 2 is 1.79 bits per heavy atom. The van der Waals surface area contributed by atoms with Gasteiger partial charge in [0.05, 0.1) is 24.3 Å². The normalized spacial score (nSPS) is 11.0. The Labute approximate surface area is 153 Å². The van der Waals surface area contributed by atoms with Gasteiger partial charge in [0.15, 0.2) is 22.3 Å². The number of aryl methyl sites for hydroxylation is 1. The number of rotatable bonds is 5. The first-order valence-electron chi connectivity index (χ1n) is 7.07. The van der Waals surface area contributed by atoms with Crippen LogP contribution >= 0.6 is 35.0 Å². The lowest BCUT2D eigenvalue weighted by Gasteiger charge is -2.12. The van der Waals surface area contributed by atoms with Crippen LogP contribution in [0.5, 0.6) is 11.5 Å². The van der Waals surface area contributed by atoms with Crippen LogP contribution in [0, 0.1) is 6.92 Å². The molecule has 0 fully saturated rings. The van der Waals surface area contributed by atoms with Gasteiger partial charge in [-0.3, -0.25) is 4.40 Å². The minimum absolute atomic E-state index is 0.476. The summed E-state index contributed by atoms with van der Waals surface area (Å²) >= 11 is 13.8. The van der Waals surface area contributed by atoms with E-state index < -0.39 is 0 Å². The van der Waals surface area contributed by atoms with Gasteiger partial charge in [0.2, 0.25) is 0 Å². The van der Waals surface area contributed by atoms with Crippen LogP contribution in [0.2, 0.25) is 10.0 Å². The molecule has 8 heteroatoms. The molecule has 0 aliphatic carbocycles. The third kappa shape index (κ3) is 3.27. The maximum atomic E-state index is 6.14. The van der Waals surface area contributed by atoms with Gasteiger partial charge in [-0.1, -0.05) is 35.0 Å². The minimum Gasteiger partial charge on any atom is -0.493 e. The predicted molar refractivity (Wildman–Crippen MR) is 96.9 cm³/mol. The van der Waals surface area contributed by atoms with E-state index in [9.17, 15) is 0 Å². The topological polar surface area (TPSA) is 48.7 Å². The molecule has 24 heavy (non-hydrogen) atoms. The second kappa shape index (κ2) is 7.09. The number of pyridine rings is 1. The second-order valence-electron chi connectivity index (χ2n) is 5.10. The van der Waals surface area contributed by atoms with Crippen LogP contribution < -0.4 is 9.47 Å². The number of methoxy groups -OCH3 is 2. The quantitative estimate of drug-likeness (QED) is 0.599. The zero-order valence-corrected chi connectivity index (χ0v) is 15.7. The molecule has 2 aromatic heterocycles. The van der Waals surface area contributed by atoms with E-state index in [1.54, 1.807) is 42.6 Å². The van der Waals surface area contributed by atoms with Crippen molar-refractivity contribution >= 4 is 40.6 Å². The number of hydrogen-bond acceptors (Lipinski definition) is 5. The molecule has 0 bridgehead atoms. The summed E-state index contributed by atoms with van der Waals surface area (Å²) in [6.07, 6.45) is 1.76. The number of ether oxygens (including phenoxy) is 2.